The van der Waals surface area contributed by atoms with Crippen molar-refractivity contribution in [1.82, 2.24) is 5.32 Å². The predicted octanol–water partition coefficient (Wildman–Crippen LogP) is 2.95. The Balaban J connectivity index is 4.18. The summed E-state index contributed by atoms with van der Waals surface area (Å²) in [7, 11) is 1.95. The lowest BCUT2D eigenvalue weighted by atomic mass is 10.0. The van der Waals surface area contributed by atoms with E-state index < -0.39 is 0 Å². The quantitative estimate of drug-likeness (QED) is 0.687. The van der Waals surface area contributed by atoms with Gasteiger partial charge in [-0.15, -0.1) is 0 Å². The normalized spacial score (nSPS) is 14.2. The molecule has 14 heavy (non-hydrogen) atoms. The summed E-state index contributed by atoms with van der Waals surface area (Å²) < 4.78 is 5.73. The molecule has 0 aliphatic rings. The van der Waals surface area contributed by atoms with Crippen molar-refractivity contribution < 1.29 is 4.74 Å². The fraction of sp³-hybridized carbons (Fsp3) is 0.833. The molecule has 0 aromatic rings. The summed E-state index contributed by atoms with van der Waals surface area (Å²) in [5.41, 5.74) is -0.150. The molecule has 0 aromatic carbocycles. The summed E-state index contributed by atoms with van der Waals surface area (Å²) in [6.45, 7) is 14.5. The van der Waals surface area contributed by atoms with Gasteiger partial charge in [0, 0.05) is 0 Å². The maximum Gasteiger partial charge on any atom is 0.107 e. The minimum atomic E-state index is -0.150. The van der Waals surface area contributed by atoms with Gasteiger partial charge in [0.05, 0.1) is 6.04 Å². The molecule has 84 valence electrons. The van der Waals surface area contributed by atoms with E-state index in [0.717, 1.165) is 12.2 Å². The molecule has 1 N–H and O–H groups in total. The molecule has 0 spiro atoms. The van der Waals surface area contributed by atoms with E-state index in [1.807, 2.05) is 27.8 Å². The molecule has 2 nitrogen and oxygen atoms in total. The molecule has 0 heterocycles. The molecule has 0 aromatic heterocycles. The van der Waals surface area contributed by atoms with Crippen LogP contribution in [-0.2, 0) is 4.74 Å². The third-order valence-electron chi connectivity index (χ3n) is 1.88. The summed E-state index contributed by atoms with van der Waals surface area (Å²) >= 11 is 0. The Morgan fingerprint density at radius 2 is 1.86 bits per heavy atom. The number of rotatable bonds is 5. The molecule has 2 heteroatoms. The highest BCUT2D eigenvalue weighted by Crippen LogP contribution is 2.18. The van der Waals surface area contributed by atoms with Gasteiger partial charge in [0.1, 0.15) is 11.4 Å². The molecule has 0 saturated heterocycles. The molecule has 0 saturated carbocycles. The van der Waals surface area contributed by atoms with Crippen molar-refractivity contribution in [1.29, 1.82) is 0 Å². The van der Waals surface area contributed by atoms with Crippen molar-refractivity contribution in [2.45, 2.75) is 52.7 Å². The highest BCUT2D eigenvalue weighted by Gasteiger charge is 2.19. The van der Waals surface area contributed by atoms with Crippen LogP contribution in [0.15, 0.2) is 12.3 Å². The largest absolute Gasteiger partial charge is 0.491 e. The fourth-order valence-corrected chi connectivity index (χ4v) is 1.35. The van der Waals surface area contributed by atoms with Gasteiger partial charge in [0.2, 0.25) is 0 Å². The van der Waals surface area contributed by atoms with Gasteiger partial charge in [-0.2, -0.15) is 0 Å². The van der Waals surface area contributed by atoms with Crippen LogP contribution in [0.3, 0.4) is 0 Å². The molecular weight excluding hydrogens is 174 g/mol. The maximum atomic E-state index is 5.73. The van der Waals surface area contributed by atoms with Crippen LogP contribution < -0.4 is 5.32 Å². The summed E-state index contributed by atoms with van der Waals surface area (Å²) in [5.74, 6) is 1.49. The van der Waals surface area contributed by atoms with E-state index in [1.54, 1.807) is 0 Å². The predicted molar refractivity (Wildman–Crippen MR) is 62.3 cm³/mol. The lowest BCUT2D eigenvalue weighted by Gasteiger charge is -2.28. The van der Waals surface area contributed by atoms with Crippen LogP contribution >= 0.6 is 0 Å². The highest BCUT2D eigenvalue weighted by molar-refractivity contribution is 4.98. The second-order valence-electron chi connectivity index (χ2n) is 5.15. The Morgan fingerprint density at radius 3 is 2.14 bits per heavy atom. The zero-order valence-electron chi connectivity index (χ0n) is 10.5. The number of hydrogen-bond acceptors (Lipinski definition) is 2. The Labute approximate surface area is 88.7 Å². The third kappa shape index (κ3) is 6.03. The van der Waals surface area contributed by atoms with Gasteiger partial charge in [0.15, 0.2) is 0 Å². The van der Waals surface area contributed by atoms with E-state index in [-0.39, 0.29) is 11.6 Å². The van der Waals surface area contributed by atoms with E-state index in [9.17, 15) is 0 Å². The molecule has 0 rings (SSSR count). The van der Waals surface area contributed by atoms with Gasteiger partial charge in [-0.1, -0.05) is 20.4 Å². The first-order valence-corrected chi connectivity index (χ1v) is 5.31. The van der Waals surface area contributed by atoms with Crippen LogP contribution in [0.1, 0.15) is 41.0 Å². The van der Waals surface area contributed by atoms with Crippen LogP contribution in [0.4, 0.5) is 0 Å². The highest BCUT2D eigenvalue weighted by atomic mass is 16.5. The Bertz CT molecular complexity index is 179. The minimum absolute atomic E-state index is 0.150. The lowest BCUT2D eigenvalue weighted by molar-refractivity contribution is 0.0387. The first-order chi connectivity index (χ1) is 6.26. The maximum absolute atomic E-state index is 5.73. The second-order valence-corrected chi connectivity index (χ2v) is 5.15. The van der Waals surface area contributed by atoms with Crippen molar-refractivity contribution >= 4 is 0 Å². The van der Waals surface area contributed by atoms with E-state index in [4.69, 9.17) is 4.74 Å². The molecular formula is C12H25NO. The smallest absolute Gasteiger partial charge is 0.107 e. The van der Waals surface area contributed by atoms with Crippen LogP contribution in [0.5, 0.6) is 0 Å². The van der Waals surface area contributed by atoms with Crippen molar-refractivity contribution in [2.75, 3.05) is 7.05 Å². The molecule has 0 fully saturated rings. The van der Waals surface area contributed by atoms with Crippen LogP contribution in [0.2, 0.25) is 0 Å². The minimum Gasteiger partial charge on any atom is -0.491 e. The lowest BCUT2D eigenvalue weighted by Crippen LogP contribution is -2.33. The van der Waals surface area contributed by atoms with Gasteiger partial charge >= 0.3 is 0 Å². The van der Waals surface area contributed by atoms with Gasteiger partial charge < -0.3 is 10.1 Å². The van der Waals surface area contributed by atoms with Crippen LogP contribution in [-0.4, -0.2) is 18.7 Å². The summed E-state index contributed by atoms with van der Waals surface area (Å²) in [4.78, 5) is 0. The first kappa shape index (κ1) is 13.5. The third-order valence-corrected chi connectivity index (χ3v) is 1.88. The fourth-order valence-electron chi connectivity index (χ4n) is 1.35. The Hall–Kier alpha value is -0.500. The number of nitrogens with one attached hydrogen (secondary N) is 1. The van der Waals surface area contributed by atoms with Crippen molar-refractivity contribution in [3.63, 3.8) is 0 Å². The average Bonchev–Trinajstić information content (AvgIpc) is 1.96. The Morgan fingerprint density at radius 1 is 1.36 bits per heavy atom. The summed E-state index contributed by atoms with van der Waals surface area (Å²) in [5, 5.41) is 3.23. The van der Waals surface area contributed by atoms with Gasteiger partial charge in [-0.25, -0.2) is 0 Å². The van der Waals surface area contributed by atoms with E-state index in [0.29, 0.717) is 5.92 Å². The van der Waals surface area contributed by atoms with E-state index in [1.165, 1.54) is 0 Å². The van der Waals surface area contributed by atoms with Crippen LogP contribution in [0.25, 0.3) is 0 Å². The molecule has 1 atom stereocenters. The number of likely N-dealkylation sites (N-methyl/N-ethyl adjacent to an activating group) is 1. The molecule has 0 aliphatic heterocycles. The standard InChI is InChI=1S/C12H25NO/c1-9(2)8-11(13-7)10(3)14-12(4,5)6/h9,11,13H,3,8H2,1-2,4-7H3/t11-/m0/s1. The van der Waals surface area contributed by atoms with E-state index >= 15 is 0 Å². The topological polar surface area (TPSA) is 21.3 Å². The van der Waals surface area contributed by atoms with Crippen molar-refractivity contribution in [3.05, 3.63) is 12.3 Å². The zero-order chi connectivity index (χ0) is 11.4. The molecule has 0 aliphatic carbocycles. The first-order valence-electron chi connectivity index (χ1n) is 5.31. The van der Waals surface area contributed by atoms with Crippen molar-refractivity contribution in [2.24, 2.45) is 5.92 Å². The van der Waals surface area contributed by atoms with E-state index in [2.05, 4.69) is 25.7 Å². The number of ether oxygens (including phenoxy) is 1. The number of hydrogen-bond donors (Lipinski definition) is 1. The second kappa shape index (κ2) is 5.40. The molecule has 0 unspecified atom stereocenters. The molecule has 0 bridgehead atoms. The van der Waals surface area contributed by atoms with Gasteiger partial charge in [-0.05, 0) is 40.2 Å². The van der Waals surface area contributed by atoms with Gasteiger partial charge in [-0.3, -0.25) is 0 Å². The molecule has 0 radical (unpaired) electrons. The van der Waals surface area contributed by atoms with Gasteiger partial charge in [0.25, 0.3) is 0 Å². The summed E-state index contributed by atoms with van der Waals surface area (Å²) in [6.07, 6.45) is 1.06. The Kier molecular flexibility index (Phi) is 5.21. The van der Waals surface area contributed by atoms with Crippen molar-refractivity contribution in [3.8, 4) is 0 Å². The average molecular weight is 199 g/mol. The SMILES string of the molecule is C=C(OC(C)(C)C)[C@H](CC(C)C)NC. The zero-order valence-corrected chi connectivity index (χ0v) is 10.5. The van der Waals surface area contributed by atoms with Crippen LogP contribution in [0, 0.1) is 5.92 Å². The molecule has 0 amide bonds. The monoisotopic (exact) mass is 199 g/mol. The summed E-state index contributed by atoms with van der Waals surface area (Å²) in [6, 6.07) is 0.259.